The normalized spacial score (nSPS) is 21.1. The summed E-state index contributed by atoms with van der Waals surface area (Å²) in [5.74, 6) is 5.29. The molecule has 0 saturated heterocycles. The number of allylic oxidation sites excluding steroid dienone is 1. The second kappa shape index (κ2) is 26.5. The molecule has 18 rings (SSSR count). The van der Waals surface area contributed by atoms with E-state index in [1.165, 1.54) is 53.9 Å². The Morgan fingerprint density at radius 3 is 1.28 bits per heavy atom. The lowest BCUT2D eigenvalue weighted by molar-refractivity contribution is -0.0757. The van der Waals surface area contributed by atoms with E-state index in [1.807, 2.05) is 91.0 Å². The summed E-state index contributed by atoms with van der Waals surface area (Å²) in [6, 6.07) is 50.8. The average Bonchev–Trinajstić information content (AvgIpc) is 0.712. The molecule has 13 aromatic rings. The topological polar surface area (TPSA) is 181 Å². The number of carbonyl (C=O) groups is 3. The van der Waals surface area contributed by atoms with Gasteiger partial charge in [-0.1, -0.05) is 135 Å². The number of ether oxygens (including phenoxy) is 3. The Morgan fingerprint density at radius 2 is 0.819 bits per heavy atom. The molecule has 2 fully saturated rings. The molecule has 5 aliphatic rings. The lowest BCUT2D eigenvalue weighted by atomic mass is 9.64. The SMILES string of the molecule is CC(C)=CC1(C)CCc2c(c3ccccc3c3nc4ccc(C(=O)c5ccccc5)cc4nc23)O1.CON(C)C(=O)c1ccc2nc3c(nc2c1)c1c(c2ccccc23)OC(C)(C)[C@H]2CC[C@H](C)C[C@H]12.CON(C)C(=O)c1ccc2nc3c4c(c5ccccc5c3nc2c1)OC(C)(C)[C@H]1CC[C@H](C)C[C@H]41. The molecular formula is C89H88N8O8. The van der Waals surface area contributed by atoms with Gasteiger partial charge >= 0.3 is 0 Å². The molecule has 2 amide bonds. The van der Waals surface area contributed by atoms with Gasteiger partial charge in [-0.05, 0) is 171 Å². The zero-order valence-corrected chi connectivity index (χ0v) is 62.1. The highest BCUT2D eigenvalue weighted by Gasteiger charge is 2.50. The molecule has 6 heterocycles. The Hall–Kier alpha value is -10.6. The first-order valence-corrected chi connectivity index (χ1v) is 36.9. The smallest absolute Gasteiger partial charge is 0.277 e. The van der Waals surface area contributed by atoms with E-state index in [4.69, 9.17) is 53.8 Å². The molecule has 2 saturated carbocycles. The maximum atomic E-state index is 13.0. The summed E-state index contributed by atoms with van der Waals surface area (Å²) in [4.78, 5) is 79.3. The fraction of sp³-hybridized carbons (Fsp3) is 0.337. The zero-order valence-electron chi connectivity index (χ0n) is 62.1. The van der Waals surface area contributed by atoms with Gasteiger partial charge in [0.1, 0.15) is 34.1 Å². The number of carbonyl (C=O) groups excluding carboxylic acids is 3. The highest BCUT2D eigenvalue weighted by Crippen LogP contribution is 2.59. The van der Waals surface area contributed by atoms with Crippen LogP contribution in [0.2, 0.25) is 0 Å². The van der Waals surface area contributed by atoms with Gasteiger partial charge in [0.2, 0.25) is 0 Å². The largest absolute Gasteiger partial charge is 0.487 e. The van der Waals surface area contributed by atoms with Crippen molar-refractivity contribution in [3.63, 3.8) is 0 Å². The van der Waals surface area contributed by atoms with E-state index < -0.39 is 0 Å². The molecule has 0 spiro atoms. The third-order valence-corrected chi connectivity index (χ3v) is 23.0. The van der Waals surface area contributed by atoms with Gasteiger partial charge in [0.05, 0.1) is 80.4 Å². The molecule has 532 valence electrons. The Balaban J connectivity index is 0.000000121. The highest BCUT2D eigenvalue weighted by molar-refractivity contribution is 6.15. The van der Waals surface area contributed by atoms with Crippen LogP contribution in [0.15, 0.2) is 169 Å². The third kappa shape index (κ3) is 12.2. The van der Waals surface area contributed by atoms with Crippen LogP contribution in [0.5, 0.6) is 17.2 Å². The Bertz CT molecular complexity index is 5780. The van der Waals surface area contributed by atoms with E-state index in [-0.39, 0.29) is 34.4 Å². The first kappa shape index (κ1) is 68.9. The number of aromatic nitrogens is 6. The summed E-state index contributed by atoms with van der Waals surface area (Å²) in [6.45, 7) is 20.0. The van der Waals surface area contributed by atoms with Crippen molar-refractivity contribution in [3.8, 4) is 17.2 Å². The van der Waals surface area contributed by atoms with Crippen molar-refractivity contribution in [3.05, 3.63) is 208 Å². The molecule has 3 aliphatic heterocycles. The monoisotopic (exact) mass is 1400 g/mol. The number of amides is 2. The Kier molecular flexibility index (Phi) is 17.4. The maximum Gasteiger partial charge on any atom is 0.277 e. The molecule has 0 N–H and O–H groups in total. The number of ketones is 1. The quantitative estimate of drug-likeness (QED) is 0.0483. The minimum Gasteiger partial charge on any atom is -0.487 e. The van der Waals surface area contributed by atoms with E-state index in [9.17, 15) is 14.4 Å². The molecule has 1 unspecified atom stereocenters. The van der Waals surface area contributed by atoms with Crippen LogP contribution >= 0.6 is 0 Å². The number of nitrogens with zero attached hydrogens (tertiary/aromatic N) is 8. The van der Waals surface area contributed by atoms with E-state index in [0.29, 0.717) is 68.8 Å². The van der Waals surface area contributed by atoms with Gasteiger partial charge in [0.25, 0.3) is 11.8 Å². The molecule has 105 heavy (non-hydrogen) atoms. The predicted molar refractivity (Wildman–Crippen MR) is 416 cm³/mol. The van der Waals surface area contributed by atoms with Crippen LogP contribution in [0.25, 0.3) is 98.5 Å². The van der Waals surface area contributed by atoms with Gasteiger partial charge in [-0.25, -0.2) is 40.0 Å². The van der Waals surface area contributed by atoms with Gasteiger partial charge in [-0.2, -0.15) is 0 Å². The van der Waals surface area contributed by atoms with Crippen molar-refractivity contribution in [2.75, 3.05) is 28.3 Å². The van der Waals surface area contributed by atoms with Crippen LogP contribution in [0.3, 0.4) is 0 Å². The summed E-state index contributed by atoms with van der Waals surface area (Å²) >= 11 is 0. The average molecular weight is 1400 g/mol. The van der Waals surface area contributed by atoms with Gasteiger partial charge in [0.15, 0.2) is 5.78 Å². The first-order valence-electron chi connectivity index (χ1n) is 36.9. The van der Waals surface area contributed by atoms with Crippen LogP contribution in [0, 0.1) is 23.7 Å². The number of benzene rings is 10. The van der Waals surface area contributed by atoms with Crippen molar-refractivity contribution in [1.29, 1.82) is 0 Å². The molecule has 2 aliphatic carbocycles. The number of hydrogen-bond donors (Lipinski definition) is 0. The lowest BCUT2D eigenvalue weighted by Crippen LogP contribution is -2.46. The predicted octanol–water partition coefficient (Wildman–Crippen LogP) is 19.7. The number of aryl methyl sites for hydroxylation is 1. The molecule has 16 nitrogen and oxygen atoms in total. The highest BCUT2D eigenvalue weighted by atomic mass is 16.7. The first-order chi connectivity index (χ1) is 50.5. The van der Waals surface area contributed by atoms with Crippen molar-refractivity contribution < 1.29 is 38.3 Å². The van der Waals surface area contributed by atoms with E-state index >= 15 is 0 Å². The van der Waals surface area contributed by atoms with Gasteiger partial charge in [-0.15, -0.1) is 0 Å². The van der Waals surface area contributed by atoms with Crippen molar-refractivity contribution in [2.45, 2.75) is 142 Å². The van der Waals surface area contributed by atoms with E-state index in [0.717, 1.165) is 149 Å². The van der Waals surface area contributed by atoms with Crippen LogP contribution in [-0.4, -0.2) is 103 Å². The van der Waals surface area contributed by atoms with E-state index in [2.05, 4.69) is 117 Å². The van der Waals surface area contributed by atoms with Gasteiger partial charge < -0.3 is 14.2 Å². The standard InChI is InChI=1S/C31H26N2O2.2C29H31N3O3/c1-19(2)18-31(3)16-15-24-28-27(22-11-7-8-12-23(22)30(24)35-31)32-25-14-13-21(17-26(25)33-28)29(34)20-9-5-4-6-10-20;1-16-10-12-21-20(14-16)24-26-25(18-8-6-7-9-19(18)27(24)35-29(21,2)3)31-23-15-17(11-13-22(23)30-26)28(33)32(4)34-5;1-16-10-12-21-20(14-16)24-26-25(18-8-6-7-9-19(18)27(24)35-29(21,2)3)30-22-13-11-17(15-23(22)31-26)28(33)32(4)34-5/h4-14,17-18H,15-16H2,1-3H3;2*6-9,11,13,15-16,20-21H,10,12,14H2,1-5H3/t;2*16-,20-,21-/m.00/s1. The fourth-order valence-electron chi connectivity index (χ4n) is 17.8. The van der Waals surface area contributed by atoms with Crippen LogP contribution < -0.4 is 14.2 Å². The minimum absolute atomic E-state index is 0.0178. The van der Waals surface area contributed by atoms with Crippen LogP contribution in [-0.2, 0) is 16.1 Å². The fourth-order valence-corrected chi connectivity index (χ4v) is 17.8. The minimum atomic E-state index is -0.359. The molecule has 0 radical (unpaired) electrons. The second-order valence-electron chi connectivity index (χ2n) is 31.3. The zero-order chi connectivity index (χ0) is 73.1. The summed E-state index contributed by atoms with van der Waals surface area (Å²) in [5.41, 5.74) is 16.0. The van der Waals surface area contributed by atoms with E-state index in [1.54, 1.807) is 32.3 Å². The maximum absolute atomic E-state index is 13.0. The van der Waals surface area contributed by atoms with Crippen LogP contribution in [0.4, 0.5) is 0 Å². The molecule has 0 bridgehead atoms. The molecule has 3 aromatic heterocycles. The third-order valence-electron chi connectivity index (χ3n) is 23.0. The molecule has 10 aromatic carbocycles. The summed E-state index contributed by atoms with van der Waals surface area (Å²) < 4.78 is 20.3. The van der Waals surface area contributed by atoms with Gasteiger partial charge in [-0.3, -0.25) is 24.1 Å². The number of hydrogen-bond acceptors (Lipinski definition) is 14. The van der Waals surface area contributed by atoms with Crippen LogP contribution in [0.1, 0.15) is 172 Å². The second-order valence-corrected chi connectivity index (χ2v) is 31.3. The van der Waals surface area contributed by atoms with Crippen molar-refractivity contribution >= 4 is 116 Å². The number of rotatable bonds is 7. The van der Waals surface area contributed by atoms with Gasteiger partial charge in [0, 0.05) is 97.2 Å². The number of hydroxylamine groups is 4. The summed E-state index contributed by atoms with van der Waals surface area (Å²) in [6.07, 6.45) is 10.9. The Labute approximate surface area is 611 Å². The Morgan fingerprint density at radius 1 is 0.438 bits per heavy atom. The number of fused-ring (bicyclic) bond motifs is 25. The summed E-state index contributed by atoms with van der Waals surface area (Å²) in [5, 5.41) is 8.78. The molecular weight excluding hydrogens is 1310 g/mol. The van der Waals surface area contributed by atoms with Crippen molar-refractivity contribution in [1.82, 2.24) is 40.0 Å². The lowest BCUT2D eigenvalue weighted by Gasteiger charge is -2.49. The molecule has 7 atom stereocenters. The van der Waals surface area contributed by atoms with Crippen molar-refractivity contribution in [2.24, 2.45) is 23.7 Å². The summed E-state index contributed by atoms with van der Waals surface area (Å²) in [7, 11) is 6.16. The molecule has 16 heteroatoms.